The molecule has 2 N–H and O–H groups in total. The Morgan fingerprint density at radius 1 is 1.39 bits per heavy atom. The molecule has 6 heteroatoms. The Kier molecular flexibility index (Phi) is 7.32. The molecule has 0 spiro atoms. The van der Waals surface area contributed by atoms with Crippen molar-refractivity contribution in [3.63, 3.8) is 0 Å². The highest BCUT2D eigenvalue weighted by molar-refractivity contribution is 5.67. The highest BCUT2D eigenvalue weighted by Crippen LogP contribution is 2.16. The summed E-state index contributed by atoms with van der Waals surface area (Å²) in [6.07, 6.45) is 1.73. The fourth-order valence-corrected chi connectivity index (χ4v) is 2.38. The molecule has 6 nitrogen and oxygen atoms in total. The lowest BCUT2D eigenvalue weighted by molar-refractivity contribution is -0.191. The highest BCUT2D eigenvalue weighted by atomic mass is 16.7. The third-order valence-corrected chi connectivity index (χ3v) is 3.78. The molecular formula is C17H25NO5. The van der Waals surface area contributed by atoms with Crippen LogP contribution in [0.25, 0.3) is 0 Å². The summed E-state index contributed by atoms with van der Waals surface area (Å²) in [6.45, 7) is 2.45. The average molecular weight is 323 g/mol. The van der Waals surface area contributed by atoms with E-state index in [0.29, 0.717) is 6.61 Å². The van der Waals surface area contributed by atoms with Crippen molar-refractivity contribution in [3.05, 3.63) is 35.9 Å². The number of alkyl carbamates (subject to hydrolysis) is 1. The van der Waals surface area contributed by atoms with Crippen LogP contribution in [0, 0.1) is 0 Å². The van der Waals surface area contributed by atoms with Crippen molar-refractivity contribution in [3.8, 4) is 0 Å². The van der Waals surface area contributed by atoms with Gasteiger partial charge < -0.3 is 24.6 Å². The van der Waals surface area contributed by atoms with Gasteiger partial charge in [-0.05, 0) is 31.7 Å². The molecule has 1 aromatic carbocycles. The number of nitrogens with one attached hydrogen (secondary N) is 1. The number of hydrogen-bond acceptors (Lipinski definition) is 5. The minimum absolute atomic E-state index is 0.186. The number of aliphatic hydroxyl groups excluding tert-OH is 1. The first-order valence-electron chi connectivity index (χ1n) is 8.04. The van der Waals surface area contributed by atoms with Crippen LogP contribution >= 0.6 is 0 Å². The number of carbonyl (C=O) groups excluding carboxylic acids is 1. The van der Waals surface area contributed by atoms with Gasteiger partial charge in [0.05, 0.1) is 18.8 Å². The van der Waals surface area contributed by atoms with Crippen LogP contribution in [0.15, 0.2) is 30.3 Å². The van der Waals surface area contributed by atoms with Crippen LogP contribution in [0.1, 0.15) is 31.7 Å². The molecule has 1 aliphatic rings. The topological polar surface area (TPSA) is 77.0 Å². The lowest BCUT2D eigenvalue weighted by Gasteiger charge is -2.29. The minimum Gasteiger partial charge on any atom is -0.445 e. The highest BCUT2D eigenvalue weighted by Gasteiger charge is 2.24. The van der Waals surface area contributed by atoms with Gasteiger partial charge in [-0.2, -0.15) is 0 Å². The zero-order valence-corrected chi connectivity index (χ0v) is 13.4. The molecule has 1 aromatic rings. The molecule has 23 heavy (non-hydrogen) atoms. The largest absolute Gasteiger partial charge is 0.445 e. The van der Waals surface area contributed by atoms with Gasteiger partial charge in [-0.25, -0.2) is 4.79 Å². The molecule has 1 saturated heterocycles. The molecule has 1 heterocycles. The average Bonchev–Trinajstić information content (AvgIpc) is 2.59. The van der Waals surface area contributed by atoms with Gasteiger partial charge in [0.25, 0.3) is 0 Å². The molecule has 0 saturated carbocycles. The molecule has 1 fully saturated rings. The number of rotatable bonds is 7. The molecule has 0 aromatic heterocycles. The predicted molar refractivity (Wildman–Crippen MR) is 84.8 cm³/mol. The second-order valence-corrected chi connectivity index (χ2v) is 5.63. The van der Waals surface area contributed by atoms with E-state index in [-0.39, 0.29) is 25.6 Å². The van der Waals surface area contributed by atoms with Crippen molar-refractivity contribution in [2.45, 2.75) is 51.2 Å². The third kappa shape index (κ3) is 6.17. The van der Waals surface area contributed by atoms with E-state index < -0.39 is 12.1 Å². The van der Waals surface area contributed by atoms with Crippen LogP contribution in [-0.2, 0) is 20.8 Å². The van der Waals surface area contributed by atoms with Gasteiger partial charge in [-0.3, -0.25) is 0 Å². The fraction of sp³-hybridized carbons (Fsp3) is 0.588. The maximum Gasteiger partial charge on any atom is 0.407 e. The summed E-state index contributed by atoms with van der Waals surface area (Å²) in [4.78, 5) is 11.9. The summed E-state index contributed by atoms with van der Waals surface area (Å²) >= 11 is 0. The fourth-order valence-electron chi connectivity index (χ4n) is 2.38. The van der Waals surface area contributed by atoms with E-state index in [2.05, 4.69) is 5.32 Å². The zero-order valence-electron chi connectivity index (χ0n) is 13.4. The first-order valence-corrected chi connectivity index (χ1v) is 8.04. The molecule has 0 bridgehead atoms. The van der Waals surface area contributed by atoms with Crippen LogP contribution in [0.2, 0.25) is 0 Å². The normalized spacial score (nSPS) is 20.5. The van der Waals surface area contributed by atoms with Crippen LogP contribution in [-0.4, -0.2) is 42.8 Å². The minimum atomic E-state index is -0.576. The number of ether oxygens (including phenoxy) is 3. The van der Waals surface area contributed by atoms with Crippen molar-refractivity contribution < 1.29 is 24.1 Å². The number of aliphatic hydroxyl groups is 1. The SMILES string of the molecule is C[C@H](OC1CCCCO1)[C@@H](CO)NC(=O)OCc1ccccc1. The Morgan fingerprint density at radius 3 is 2.83 bits per heavy atom. The maximum atomic E-state index is 11.9. The van der Waals surface area contributed by atoms with Gasteiger partial charge in [0, 0.05) is 6.61 Å². The monoisotopic (exact) mass is 323 g/mol. The van der Waals surface area contributed by atoms with Gasteiger partial charge in [0.15, 0.2) is 6.29 Å². The maximum absolute atomic E-state index is 11.9. The van der Waals surface area contributed by atoms with Crippen LogP contribution in [0.4, 0.5) is 4.79 Å². The second kappa shape index (κ2) is 9.50. The molecule has 1 unspecified atom stereocenters. The molecular weight excluding hydrogens is 298 g/mol. The van der Waals surface area contributed by atoms with Crippen LogP contribution in [0.3, 0.4) is 0 Å². The third-order valence-electron chi connectivity index (χ3n) is 3.78. The van der Waals surface area contributed by atoms with E-state index in [4.69, 9.17) is 14.2 Å². The molecule has 1 aliphatic heterocycles. The molecule has 1 amide bonds. The lowest BCUT2D eigenvalue weighted by atomic mass is 10.1. The molecule has 0 aliphatic carbocycles. The van der Waals surface area contributed by atoms with Crippen LogP contribution in [0.5, 0.6) is 0 Å². The van der Waals surface area contributed by atoms with Crippen molar-refractivity contribution in [2.75, 3.05) is 13.2 Å². The van der Waals surface area contributed by atoms with Crippen LogP contribution < -0.4 is 5.32 Å². The Labute approximate surface area is 136 Å². The summed E-state index contributed by atoms with van der Waals surface area (Å²) in [5.74, 6) is 0. The summed E-state index contributed by atoms with van der Waals surface area (Å²) in [5, 5.41) is 12.1. The van der Waals surface area contributed by atoms with E-state index >= 15 is 0 Å². The number of hydrogen-bond donors (Lipinski definition) is 2. The van der Waals surface area contributed by atoms with Crippen molar-refractivity contribution in [2.24, 2.45) is 0 Å². The summed E-state index contributed by atoms with van der Waals surface area (Å²) in [5.41, 5.74) is 0.906. The lowest BCUT2D eigenvalue weighted by Crippen LogP contribution is -2.47. The summed E-state index contributed by atoms with van der Waals surface area (Å²) in [7, 11) is 0. The number of carbonyl (C=O) groups is 1. The molecule has 0 radical (unpaired) electrons. The van der Waals surface area contributed by atoms with Crippen molar-refractivity contribution >= 4 is 6.09 Å². The predicted octanol–water partition coefficient (Wildman–Crippen LogP) is 2.21. The molecule has 128 valence electrons. The molecule has 2 rings (SSSR count). The van der Waals surface area contributed by atoms with E-state index in [1.165, 1.54) is 0 Å². The smallest absolute Gasteiger partial charge is 0.407 e. The van der Waals surface area contributed by atoms with Crippen molar-refractivity contribution in [1.82, 2.24) is 5.32 Å². The Hall–Kier alpha value is -1.63. The number of amides is 1. The van der Waals surface area contributed by atoms with Gasteiger partial charge in [-0.1, -0.05) is 30.3 Å². The van der Waals surface area contributed by atoms with Gasteiger partial charge in [0.1, 0.15) is 6.61 Å². The zero-order chi connectivity index (χ0) is 16.5. The van der Waals surface area contributed by atoms with E-state index in [9.17, 15) is 9.90 Å². The van der Waals surface area contributed by atoms with Gasteiger partial charge in [0.2, 0.25) is 0 Å². The second-order valence-electron chi connectivity index (χ2n) is 5.63. The van der Waals surface area contributed by atoms with Gasteiger partial charge >= 0.3 is 6.09 Å². The Balaban J connectivity index is 1.74. The first kappa shape index (κ1) is 17.7. The standard InChI is InChI=1S/C17H25NO5/c1-13(23-16-9-5-6-10-21-16)15(11-19)18-17(20)22-12-14-7-3-2-4-8-14/h2-4,7-8,13,15-16,19H,5-6,9-12H2,1H3,(H,18,20)/t13-,15+,16?/m0/s1. The Morgan fingerprint density at radius 2 is 2.17 bits per heavy atom. The van der Waals surface area contributed by atoms with E-state index in [1.807, 2.05) is 30.3 Å². The summed E-state index contributed by atoms with van der Waals surface area (Å²) in [6, 6.07) is 8.88. The van der Waals surface area contributed by atoms with E-state index in [0.717, 1.165) is 24.8 Å². The van der Waals surface area contributed by atoms with E-state index in [1.54, 1.807) is 6.92 Å². The number of benzene rings is 1. The first-order chi connectivity index (χ1) is 11.2. The Bertz CT molecular complexity index is 461. The van der Waals surface area contributed by atoms with Crippen molar-refractivity contribution in [1.29, 1.82) is 0 Å². The summed E-state index contributed by atoms with van der Waals surface area (Å²) < 4.78 is 16.4. The quantitative estimate of drug-likeness (QED) is 0.804. The van der Waals surface area contributed by atoms with Gasteiger partial charge in [-0.15, -0.1) is 0 Å². The molecule has 3 atom stereocenters.